The Labute approximate surface area is 66.5 Å². The first-order valence-corrected chi connectivity index (χ1v) is 3.84. The predicted octanol–water partition coefficient (Wildman–Crippen LogP) is -1.23. The average Bonchev–Trinajstić information content (AvgIpc) is 1.35. The van der Waals surface area contributed by atoms with Gasteiger partial charge < -0.3 is 17.0 Å². The molecule has 1 atom stereocenters. The third kappa shape index (κ3) is 11.1. The Kier molecular flexibility index (Phi) is 6.87. The highest BCUT2D eigenvalue weighted by Gasteiger charge is 2.09. The van der Waals surface area contributed by atoms with Gasteiger partial charge in [0.25, 0.3) is 0 Å². The summed E-state index contributed by atoms with van der Waals surface area (Å²) in [6.07, 6.45) is 1.22. The van der Waals surface area contributed by atoms with Crippen LogP contribution in [0.1, 0.15) is 13.8 Å². The molecule has 0 aliphatic carbocycles. The molecule has 0 aromatic heterocycles. The fraction of sp³-hybridized carbons (Fsp3) is 1.00. The Bertz CT molecular complexity index is 39.4. The Hall–Kier alpha value is 1.39. The molecule has 0 aromatic rings. The molecule has 0 saturated carbocycles. The lowest BCUT2D eigenvalue weighted by Gasteiger charge is -2.06. The van der Waals surface area contributed by atoms with Gasteiger partial charge in [0.2, 0.25) is 0 Å². The van der Waals surface area contributed by atoms with E-state index >= 15 is 0 Å². The van der Waals surface area contributed by atoms with E-state index in [-0.39, 0.29) is 17.0 Å². The molecule has 0 radical (unpaired) electrons. The maximum Gasteiger partial charge on any atom is 0.0674 e. The second-order valence-corrected chi connectivity index (χ2v) is 4.62. The van der Waals surface area contributed by atoms with E-state index in [1.54, 1.807) is 0 Å². The highest BCUT2D eigenvalue weighted by Crippen LogP contribution is 2.17. The van der Waals surface area contributed by atoms with Crippen LogP contribution in [0.25, 0.3) is 0 Å². The first kappa shape index (κ1) is 11.2. The van der Waals surface area contributed by atoms with Gasteiger partial charge in [-0.05, 0) is 23.1 Å². The average molecular weight is 250 g/mol. The summed E-state index contributed by atoms with van der Waals surface area (Å²) >= 11 is 3.48. The van der Waals surface area contributed by atoms with Crippen LogP contribution in [0.15, 0.2) is 0 Å². The zero-order valence-corrected chi connectivity index (χ0v) is 9.26. The summed E-state index contributed by atoms with van der Waals surface area (Å²) in [5, 5.41) is 0. The van der Waals surface area contributed by atoms with Crippen molar-refractivity contribution < 1.29 is 17.0 Å². The number of halogens is 2. The molecule has 0 aliphatic rings. The number of hydrogen-bond donors (Lipinski definition) is 0. The molecule has 0 rings (SSSR count). The maximum atomic E-state index is 3.48. The van der Waals surface area contributed by atoms with Gasteiger partial charge >= 0.3 is 0 Å². The van der Waals surface area contributed by atoms with Crippen molar-refractivity contribution in [3.63, 3.8) is 0 Å². The highest BCUT2D eigenvalue weighted by atomic mass is 79.9. The van der Waals surface area contributed by atoms with Crippen molar-refractivity contribution in [2.45, 2.75) is 18.2 Å². The molecule has 0 nitrogen and oxygen atoms in total. The second-order valence-electron chi connectivity index (χ2n) is 1.97. The van der Waals surface area contributed by atoms with Crippen LogP contribution in [0.4, 0.5) is 0 Å². The van der Waals surface area contributed by atoms with Crippen LogP contribution >= 0.6 is 25.2 Å². The van der Waals surface area contributed by atoms with Gasteiger partial charge in [0.15, 0.2) is 0 Å². The van der Waals surface area contributed by atoms with Crippen molar-refractivity contribution in [2.75, 3.05) is 6.16 Å². The quantitative estimate of drug-likeness (QED) is 0.404. The zero-order chi connectivity index (χ0) is 5.21. The van der Waals surface area contributed by atoms with Crippen molar-refractivity contribution in [3.05, 3.63) is 0 Å². The summed E-state index contributed by atoms with van der Waals surface area (Å²) in [4.78, 5) is 0. The van der Waals surface area contributed by atoms with Gasteiger partial charge in [-0.25, -0.2) is 0 Å². The van der Waals surface area contributed by atoms with Crippen LogP contribution < -0.4 is 17.0 Å². The van der Waals surface area contributed by atoms with Crippen molar-refractivity contribution in [1.82, 2.24) is 0 Å². The summed E-state index contributed by atoms with van der Waals surface area (Å²) in [5.74, 6) is 0. The van der Waals surface area contributed by atoms with Gasteiger partial charge in [0.05, 0.1) is 10.5 Å². The normalized spacial score (nSPS) is 10.7. The minimum atomic E-state index is 0. The summed E-state index contributed by atoms with van der Waals surface area (Å²) in [6.45, 7) is 4.33. The smallest absolute Gasteiger partial charge is 0.0674 e. The Morgan fingerprint density at radius 3 is 1.71 bits per heavy atom. The SMILES string of the molecule is CC(C)(Br)C[PH3+].[Br-]. The Balaban J connectivity index is 0. The molecule has 0 saturated heterocycles. The molecule has 0 N–H and O–H groups in total. The minimum absolute atomic E-state index is 0. The van der Waals surface area contributed by atoms with Crippen molar-refractivity contribution in [1.29, 1.82) is 0 Å². The summed E-state index contributed by atoms with van der Waals surface area (Å²) < 4.78 is 0.367. The van der Waals surface area contributed by atoms with Gasteiger partial charge in [-0.3, -0.25) is 0 Å². The van der Waals surface area contributed by atoms with Gasteiger partial charge in [0.1, 0.15) is 0 Å². The van der Waals surface area contributed by atoms with Crippen LogP contribution in [0, 0.1) is 0 Å². The molecular weight excluding hydrogens is 239 g/mol. The molecule has 3 heteroatoms. The first-order chi connectivity index (χ1) is 2.56. The molecule has 46 valence electrons. The van der Waals surface area contributed by atoms with Crippen molar-refractivity contribution >= 4 is 25.2 Å². The highest BCUT2D eigenvalue weighted by molar-refractivity contribution is 9.10. The van der Waals surface area contributed by atoms with E-state index in [1.165, 1.54) is 6.16 Å². The van der Waals surface area contributed by atoms with Crippen LogP contribution in [0.5, 0.6) is 0 Å². The molecule has 0 fully saturated rings. The van der Waals surface area contributed by atoms with Gasteiger partial charge in [0, 0.05) is 0 Å². The lowest BCUT2D eigenvalue weighted by Crippen LogP contribution is -3.00. The van der Waals surface area contributed by atoms with E-state index in [1.807, 2.05) is 9.24 Å². The topological polar surface area (TPSA) is 0 Å². The number of alkyl halides is 1. The first-order valence-electron chi connectivity index (χ1n) is 2.04. The van der Waals surface area contributed by atoms with Gasteiger partial charge in [-0.15, -0.1) is 0 Å². The second kappa shape index (κ2) is 4.29. The molecule has 7 heavy (non-hydrogen) atoms. The van der Waals surface area contributed by atoms with Crippen LogP contribution in [-0.4, -0.2) is 10.5 Å². The van der Waals surface area contributed by atoms with Crippen LogP contribution in [0.2, 0.25) is 0 Å². The van der Waals surface area contributed by atoms with Crippen LogP contribution in [-0.2, 0) is 0 Å². The van der Waals surface area contributed by atoms with Gasteiger partial charge in [-0.2, -0.15) is 0 Å². The molecule has 0 spiro atoms. The molecule has 0 bridgehead atoms. The third-order valence-corrected chi connectivity index (χ3v) is 2.97. The largest absolute Gasteiger partial charge is 1.00 e. The van der Waals surface area contributed by atoms with E-state index < -0.39 is 0 Å². The molecule has 0 heterocycles. The summed E-state index contributed by atoms with van der Waals surface area (Å²) in [5.41, 5.74) is 0. The van der Waals surface area contributed by atoms with E-state index in [0.29, 0.717) is 4.32 Å². The maximum absolute atomic E-state index is 3.48. The number of hydrogen-bond acceptors (Lipinski definition) is 0. The van der Waals surface area contributed by atoms with E-state index in [2.05, 4.69) is 29.8 Å². The van der Waals surface area contributed by atoms with Crippen LogP contribution in [0.3, 0.4) is 0 Å². The molecular formula is C4H11Br2P. The van der Waals surface area contributed by atoms with Gasteiger partial charge in [-0.1, -0.05) is 15.9 Å². The predicted molar refractivity (Wildman–Crippen MR) is 39.0 cm³/mol. The lowest BCUT2D eigenvalue weighted by molar-refractivity contribution is -0.00000137. The van der Waals surface area contributed by atoms with E-state index in [9.17, 15) is 0 Å². The summed E-state index contributed by atoms with van der Waals surface area (Å²) in [7, 11) is 1.99. The van der Waals surface area contributed by atoms with Crippen molar-refractivity contribution in [3.8, 4) is 0 Å². The molecule has 0 aliphatic heterocycles. The molecule has 0 amide bonds. The third-order valence-electron chi connectivity index (χ3n) is 0.594. The van der Waals surface area contributed by atoms with E-state index in [4.69, 9.17) is 0 Å². The monoisotopic (exact) mass is 248 g/mol. The lowest BCUT2D eigenvalue weighted by atomic mass is 10.3. The fourth-order valence-electron chi connectivity index (χ4n) is 0. The minimum Gasteiger partial charge on any atom is -1.00 e. The standard InChI is InChI=1S/C4H10BrP.BrH/c1-4(2,5)3-6;/h3,6H2,1-2H3;1H. The Morgan fingerprint density at radius 1 is 1.57 bits per heavy atom. The molecule has 0 aromatic carbocycles. The fourth-order valence-corrected chi connectivity index (χ4v) is 0. The molecule has 1 unspecified atom stereocenters. The van der Waals surface area contributed by atoms with E-state index in [0.717, 1.165) is 0 Å². The number of rotatable bonds is 1. The van der Waals surface area contributed by atoms with Crippen molar-refractivity contribution in [2.24, 2.45) is 0 Å². The Morgan fingerprint density at radius 2 is 1.71 bits per heavy atom. The summed E-state index contributed by atoms with van der Waals surface area (Å²) in [6, 6.07) is 0. The zero-order valence-electron chi connectivity index (χ0n) is 4.67.